The zero-order valence-corrected chi connectivity index (χ0v) is 7.89. The van der Waals surface area contributed by atoms with E-state index in [4.69, 9.17) is 0 Å². The number of carbonyl (C=O) groups excluding carboxylic acids is 1. The van der Waals surface area contributed by atoms with Crippen LogP contribution in [0, 0.1) is 0 Å². The topological polar surface area (TPSA) is 77.8 Å². The summed E-state index contributed by atoms with van der Waals surface area (Å²) >= 11 is 0. The van der Waals surface area contributed by atoms with Crippen molar-refractivity contribution in [3.63, 3.8) is 0 Å². The van der Waals surface area contributed by atoms with E-state index in [1.165, 1.54) is 6.07 Å². The van der Waals surface area contributed by atoms with Crippen molar-refractivity contribution in [2.45, 2.75) is 26.3 Å². The molecule has 5 heteroatoms. The molecule has 1 aromatic rings. The first-order valence-corrected chi connectivity index (χ1v) is 3.99. The normalized spacial score (nSPS) is 11.3. The lowest BCUT2D eigenvalue weighted by Gasteiger charge is -2.19. The molecule has 0 aromatic carbocycles. The molecule has 13 heavy (non-hydrogen) atoms. The number of amides is 1. The number of rotatable bonds is 1. The minimum Gasteiger partial charge on any atom is -0.346 e. The maximum absolute atomic E-state index is 11.4. The first-order chi connectivity index (χ1) is 5.88. The number of nitrogens with one attached hydrogen (secondary N) is 3. The number of H-pyrrole nitrogens is 2. The van der Waals surface area contributed by atoms with Gasteiger partial charge < -0.3 is 5.32 Å². The molecule has 0 saturated carbocycles. The van der Waals surface area contributed by atoms with E-state index in [0.717, 1.165) is 0 Å². The Bertz CT molecular complexity index is 356. The van der Waals surface area contributed by atoms with Crippen molar-refractivity contribution in [2.24, 2.45) is 0 Å². The second-order valence-electron chi connectivity index (χ2n) is 3.88. The maximum atomic E-state index is 11.4. The Morgan fingerprint density at radius 2 is 2.00 bits per heavy atom. The Morgan fingerprint density at radius 3 is 2.38 bits per heavy atom. The third-order valence-corrected chi connectivity index (χ3v) is 1.33. The standard InChI is InChI=1S/C8H13N3O2/c1-8(2,3)9-7(13)5-4-6(12)11-10-5/h4H,1-3H3,(H,9,13)(H2,10,11,12). The molecule has 0 bridgehead atoms. The predicted molar refractivity (Wildman–Crippen MR) is 48.6 cm³/mol. The molecule has 1 heterocycles. The van der Waals surface area contributed by atoms with Crippen LogP contribution in [-0.2, 0) is 0 Å². The van der Waals surface area contributed by atoms with Crippen LogP contribution in [0.2, 0.25) is 0 Å². The second-order valence-corrected chi connectivity index (χ2v) is 3.88. The van der Waals surface area contributed by atoms with Crippen LogP contribution >= 0.6 is 0 Å². The van der Waals surface area contributed by atoms with Gasteiger partial charge in [-0.3, -0.25) is 19.8 Å². The van der Waals surface area contributed by atoms with E-state index < -0.39 is 0 Å². The molecule has 0 saturated heterocycles. The van der Waals surface area contributed by atoms with Gasteiger partial charge in [-0.05, 0) is 20.8 Å². The van der Waals surface area contributed by atoms with E-state index in [2.05, 4.69) is 15.5 Å². The lowest BCUT2D eigenvalue weighted by atomic mass is 10.1. The predicted octanol–water partition coefficient (Wildman–Crippen LogP) is 0.231. The highest BCUT2D eigenvalue weighted by Crippen LogP contribution is 2.00. The van der Waals surface area contributed by atoms with Gasteiger partial charge in [-0.25, -0.2) is 0 Å². The summed E-state index contributed by atoms with van der Waals surface area (Å²) in [6, 6.07) is 1.22. The summed E-state index contributed by atoms with van der Waals surface area (Å²) in [5.41, 5.74) is -0.357. The molecule has 0 spiro atoms. The van der Waals surface area contributed by atoms with Gasteiger partial charge in [-0.2, -0.15) is 0 Å². The highest BCUT2D eigenvalue weighted by molar-refractivity contribution is 5.92. The van der Waals surface area contributed by atoms with Crippen LogP contribution in [0.3, 0.4) is 0 Å². The van der Waals surface area contributed by atoms with Crippen LogP contribution in [-0.4, -0.2) is 21.6 Å². The maximum Gasteiger partial charge on any atom is 0.269 e. The molecule has 0 aliphatic heterocycles. The minimum atomic E-state index is -0.306. The minimum absolute atomic E-state index is 0.250. The van der Waals surface area contributed by atoms with Gasteiger partial charge in [0.1, 0.15) is 5.69 Å². The second kappa shape index (κ2) is 3.08. The fourth-order valence-corrected chi connectivity index (χ4v) is 0.862. The largest absolute Gasteiger partial charge is 0.346 e. The van der Waals surface area contributed by atoms with Gasteiger partial charge in [-0.15, -0.1) is 0 Å². The Labute approximate surface area is 75.5 Å². The molecule has 0 atom stereocenters. The summed E-state index contributed by atoms with van der Waals surface area (Å²) in [4.78, 5) is 22.1. The molecule has 1 amide bonds. The smallest absolute Gasteiger partial charge is 0.269 e. The van der Waals surface area contributed by atoms with Crippen LogP contribution in [0.5, 0.6) is 0 Å². The third kappa shape index (κ3) is 2.77. The highest BCUT2D eigenvalue weighted by Gasteiger charge is 2.16. The molecule has 0 aliphatic rings. The van der Waals surface area contributed by atoms with Crippen LogP contribution in [0.4, 0.5) is 0 Å². The van der Waals surface area contributed by atoms with Crippen molar-refractivity contribution in [1.29, 1.82) is 0 Å². The number of aromatic amines is 2. The molecule has 1 aromatic heterocycles. The summed E-state index contributed by atoms with van der Waals surface area (Å²) in [7, 11) is 0. The first-order valence-electron chi connectivity index (χ1n) is 3.99. The molecule has 0 aliphatic carbocycles. The van der Waals surface area contributed by atoms with Crippen molar-refractivity contribution < 1.29 is 4.79 Å². The number of aromatic nitrogens is 2. The summed E-state index contributed by atoms with van der Waals surface area (Å²) in [5.74, 6) is -0.286. The van der Waals surface area contributed by atoms with Crippen LogP contribution in [0.1, 0.15) is 31.3 Å². The van der Waals surface area contributed by atoms with E-state index in [-0.39, 0.29) is 22.7 Å². The number of carbonyl (C=O) groups is 1. The lowest BCUT2D eigenvalue weighted by molar-refractivity contribution is 0.0914. The molecular weight excluding hydrogens is 170 g/mol. The van der Waals surface area contributed by atoms with Crippen molar-refractivity contribution in [3.05, 3.63) is 22.1 Å². The molecule has 0 radical (unpaired) electrons. The van der Waals surface area contributed by atoms with Crippen molar-refractivity contribution >= 4 is 5.91 Å². The van der Waals surface area contributed by atoms with Crippen LogP contribution < -0.4 is 10.9 Å². The number of hydrogen-bond acceptors (Lipinski definition) is 2. The van der Waals surface area contributed by atoms with Gasteiger partial charge in [-0.1, -0.05) is 0 Å². The Hall–Kier alpha value is -1.52. The van der Waals surface area contributed by atoms with Gasteiger partial charge in [0.15, 0.2) is 0 Å². The Balaban J connectivity index is 2.75. The lowest BCUT2D eigenvalue weighted by Crippen LogP contribution is -2.40. The van der Waals surface area contributed by atoms with Crippen molar-refractivity contribution in [3.8, 4) is 0 Å². The Kier molecular flexibility index (Phi) is 2.27. The van der Waals surface area contributed by atoms with E-state index in [0.29, 0.717) is 0 Å². The zero-order valence-electron chi connectivity index (χ0n) is 7.89. The van der Waals surface area contributed by atoms with Gasteiger partial charge in [0, 0.05) is 11.6 Å². The number of hydrogen-bond donors (Lipinski definition) is 3. The average molecular weight is 183 g/mol. The third-order valence-electron chi connectivity index (χ3n) is 1.33. The summed E-state index contributed by atoms with van der Waals surface area (Å²) in [5, 5.41) is 7.49. The Morgan fingerprint density at radius 1 is 1.38 bits per heavy atom. The monoisotopic (exact) mass is 183 g/mol. The molecule has 0 fully saturated rings. The SMILES string of the molecule is CC(C)(C)NC(=O)c1cc(=O)[nH][nH]1. The average Bonchev–Trinajstić information content (AvgIpc) is 2.31. The zero-order chi connectivity index (χ0) is 10.1. The fourth-order valence-electron chi connectivity index (χ4n) is 0.862. The first kappa shape index (κ1) is 9.57. The van der Waals surface area contributed by atoms with Crippen LogP contribution in [0.15, 0.2) is 10.9 Å². The van der Waals surface area contributed by atoms with Gasteiger partial charge in [0.05, 0.1) is 0 Å². The van der Waals surface area contributed by atoms with E-state index in [9.17, 15) is 9.59 Å². The van der Waals surface area contributed by atoms with Crippen molar-refractivity contribution in [1.82, 2.24) is 15.5 Å². The fraction of sp³-hybridized carbons (Fsp3) is 0.500. The summed E-state index contributed by atoms with van der Waals surface area (Å²) in [6.07, 6.45) is 0. The van der Waals surface area contributed by atoms with Gasteiger partial charge in [0.25, 0.3) is 11.5 Å². The summed E-state index contributed by atoms with van der Waals surface area (Å²) < 4.78 is 0. The van der Waals surface area contributed by atoms with E-state index >= 15 is 0 Å². The molecule has 1 rings (SSSR count). The summed E-state index contributed by atoms with van der Waals surface area (Å²) in [6.45, 7) is 5.61. The molecule has 0 unspecified atom stereocenters. The van der Waals surface area contributed by atoms with Crippen molar-refractivity contribution in [2.75, 3.05) is 0 Å². The molecule has 3 N–H and O–H groups in total. The van der Waals surface area contributed by atoms with E-state index in [1.807, 2.05) is 20.8 Å². The van der Waals surface area contributed by atoms with Gasteiger partial charge in [0.2, 0.25) is 0 Å². The molecular formula is C8H13N3O2. The quantitative estimate of drug-likeness (QED) is 0.582. The van der Waals surface area contributed by atoms with Crippen LogP contribution in [0.25, 0.3) is 0 Å². The van der Waals surface area contributed by atoms with Gasteiger partial charge >= 0.3 is 0 Å². The molecule has 5 nitrogen and oxygen atoms in total. The highest BCUT2D eigenvalue weighted by atomic mass is 16.2. The van der Waals surface area contributed by atoms with E-state index in [1.54, 1.807) is 0 Å². The molecule has 72 valence electrons.